The quantitative estimate of drug-likeness (QED) is 0.639. The standard InChI is InChI=1S/C16H14F3NO3/c1-3-7-20-9-12(15(22)23-4-2)14(21)11-6-5-10(8-13(11)20)16(17,18)19/h3,5-6,8-9H,1,4,7H2,2H3. The topological polar surface area (TPSA) is 48.3 Å². The third-order valence-corrected chi connectivity index (χ3v) is 3.23. The van der Waals surface area contributed by atoms with Crippen LogP contribution in [0.2, 0.25) is 0 Å². The molecule has 0 atom stereocenters. The van der Waals surface area contributed by atoms with Crippen LogP contribution in [0.4, 0.5) is 13.2 Å². The van der Waals surface area contributed by atoms with E-state index in [4.69, 9.17) is 4.74 Å². The summed E-state index contributed by atoms with van der Waals surface area (Å²) in [6.45, 7) is 5.36. The molecule has 0 unspecified atom stereocenters. The molecule has 0 aliphatic rings. The number of fused-ring (bicyclic) bond motifs is 1. The van der Waals surface area contributed by atoms with E-state index >= 15 is 0 Å². The number of halogens is 3. The summed E-state index contributed by atoms with van der Waals surface area (Å²) in [5, 5.41) is 0.0189. The van der Waals surface area contributed by atoms with Gasteiger partial charge in [0.15, 0.2) is 0 Å². The summed E-state index contributed by atoms with van der Waals surface area (Å²) in [5.74, 6) is -0.808. The molecule has 0 amide bonds. The molecule has 1 aromatic heterocycles. The monoisotopic (exact) mass is 325 g/mol. The first-order valence-electron chi connectivity index (χ1n) is 6.82. The number of hydrogen-bond acceptors (Lipinski definition) is 3. The molecule has 0 fully saturated rings. The van der Waals surface area contributed by atoms with Crippen LogP contribution in [-0.4, -0.2) is 17.1 Å². The van der Waals surface area contributed by atoms with Gasteiger partial charge >= 0.3 is 12.1 Å². The Morgan fingerprint density at radius 3 is 2.65 bits per heavy atom. The Labute approximate surface area is 129 Å². The molecule has 2 aromatic rings. The molecule has 0 saturated heterocycles. The first kappa shape index (κ1) is 16.8. The van der Waals surface area contributed by atoms with E-state index in [9.17, 15) is 22.8 Å². The zero-order valence-corrected chi connectivity index (χ0v) is 12.3. The molecular weight excluding hydrogens is 311 g/mol. The number of benzene rings is 1. The fourth-order valence-electron chi connectivity index (χ4n) is 2.21. The van der Waals surface area contributed by atoms with Crippen LogP contribution >= 0.6 is 0 Å². The lowest BCUT2D eigenvalue weighted by Gasteiger charge is -2.14. The van der Waals surface area contributed by atoms with E-state index in [2.05, 4.69) is 6.58 Å². The number of rotatable bonds is 4. The Kier molecular flexibility index (Phi) is 4.58. The van der Waals surface area contributed by atoms with Crippen molar-refractivity contribution < 1.29 is 22.7 Å². The lowest BCUT2D eigenvalue weighted by atomic mass is 10.1. The number of carbonyl (C=O) groups is 1. The first-order valence-corrected chi connectivity index (χ1v) is 6.82. The second-order valence-electron chi connectivity index (χ2n) is 4.76. The van der Waals surface area contributed by atoms with Crippen LogP contribution in [0.5, 0.6) is 0 Å². The van der Waals surface area contributed by atoms with E-state index in [1.54, 1.807) is 6.92 Å². The van der Waals surface area contributed by atoms with E-state index in [-0.39, 0.29) is 29.6 Å². The molecule has 1 aromatic carbocycles. The van der Waals surface area contributed by atoms with Gasteiger partial charge in [0.2, 0.25) is 5.43 Å². The van der Waals surface area contributed by atoms with Gasteiger partial charge in [0, 0.05) is 18.1 Å². The summed E-state index contributed by atoms with van der Waals surface area (Å²) < 4.78 is 44.8. The Morgan fingerprint density at radius 1 is 1.39 bits per heavy atom. The molecule has 122 valence electrons. The Hall–Kier alpha value is -2.57. The van der Waals surface area contributed by atoms with E-state index in [0.29, 0.717) is 0 Å². The number of nitrogens with zero attached hydrogens (tertiary/aromatic N) is 1. The number of aromatic nitrogens is 1. The van der Waals surface area contributed by atoms with Crippen LogP contribution in [0, 0.1) is 0 Å². The van der Waals surface area contributed by atoms with Crippen molar-refractivity contribution in [3.63, 3.8) is 0 Å². The number of pyridine rings is 1. The molecule has 0 aliphatic carbocycles. The average Bonchev–Trinajstić information content (AvgIpc) is 2.49. The molecule has 0 saturated carbocycles. The van der Waals surface area contributed by atoms with Gasteiger partial charge in [-0.15, -0.1) is 6.58 Å². The van der Waals surface area contributed by atoms with E-state index in [0.717, 1.165) is 18.2 Å². The van der Waals surface area contributed by atoms with Crippen LogP contribution < -0.4 is 5.43 Å². The molecule has 4 nitrogen and oxygen atoms in total. The summed E-state index contributed by atoms with van der Waals surface area (Å²) in [6.07, 6.45) is -1.87. The fourth-order valence-corrected chi connectivity index (χ4v) is 2.21. The average molecular weight is 325 g/mol. The van der Waals surface area contributed by atoms with Crippen molar-refractivity contribution in [1.29, 1.82) is 0 Å². The second kappa shape index (κ2) is 6.28. The van der Waals surface area contributed by atoms with Crippen molar-refractivity contribution in [2.24, 2.45) is 0 Å². The number of allylic oxidation sites excluding steroid dienone is 1. The van der Waals surface area contributed by atoms with Crippen molar-refractivity contribution >= 4 is 16.9 Å². The summed E-state index contributed by atoms with van der Waals surface area (Å²) in [5.41, 5.74) is -1.67. The molecule has 0 N–H and O–H groups in total. The molecule has 0 radical (unpaired) electrons. The van der Waals surface area contributed by atoms with Crippen molar-refractivity contribution in [3.05, 3.63) is 58.4 Å². The number of hydrogen-bond donors (Lipinski definition) is 0. The smallest absolute Gasteiger partial charge is 0.416 e. The van der Waals surface area contributed by atoms with Gasteiger partial charge < -0.3 is 9.30 Å². The maximum absolute atomic E-state index is 12.9. The predicted octanol–water partition coefficient (Wildman–Crippen LogP) is 3.38. The highest BCUT2D eigenvalue weighted by molar-refractivity contribution is 5.94. The number of esters is 1. The lowest BCUT2D eigenvalue weighted by molar-refractivity contribution is -0.137. The molecule has 1 heterocycles. The maximum atomic E-state index is 12.9. The molecule has 0 bridgehead atoms. The third kappa shape index (κ3) is 3.28. The molecule has 0 aliphatic heterocycles. The van der Waals surface area contributed by atoms with E-state index < -0.39 is 23.1 Å². The largest absolute Gasteiger partial charge is 0.462 e. The maximum Gasteiger partial charge on any atom is 0.416 e. The fraction of sp³-hybridized carbons (Fsp3) is 0.250. The van der Waals surface area contributed by atoms with Gasteiger partial charge in [-0.3, -0.25) is 4.79 Å². The van der Waals surface area contributed by atoms with Gasteiger partial charge in [-0.05, 0) is 25.1 Å². The van der Waals surface area contributed by atoms with Crippen molar-refractivity contribution in [2.45, 2.75) is 19.6 Å². The molecular formula is C16H14F3NO3. The SMILES string of the molecule is C=CCn1cc(C(=O)OCC)c(=O)c2ccc(C(F)(F)F)cc21. The van der Waals surface area contributed by atoms with Gasteiger partial charge in [-0.1, -0.05) is 6.08 Å². The van der Waals surface area contributed by atoms with Crippen molar-refractivity contribution in [2.75, 3.05) is 6.61 Å². The normalized spacial score (nSPS) is 11.5. The minimum absolute atomic E-state index is 0.0189. The highest BCUT2D eigenvalue weighted by Gasteiger charge is 2.31. The number of carbonyl (C=O) groups excluding carboxylic acids is 1. The van der Waals surface area contributed by atoms with E-state index in [1.165, 1.54) is 16.8 Å². The van der Waals surface area contributed by atoms with Gasteiger partial charge in [-0.25, -0.2) is 4.79 Å². The number of ether oxygens (including phenoxy) is 1. The second-order valence-corrected chi connectivity index (χ2v) is 4.76. The minimum atomic E-state index is -4.52. The Bertz CT molecular complexity index is 822. The van der Waals surface area contributed by atoms with Crippen LogP contribution in [-0.2, 0) is 17.5 Å². The molecule has 7 heteroatoms. The van der Waals surface area contributed by atoms with Crippen LogP contribution in [0.25, 0.3) is 10.9 Å². The molecule has 0 spiro atoms. The molecule has 23 heavy (non-hydrogen) atoms. The minimum Gasteiger partial charge on any atom is -0.462 e. The molecule has 2 rings (SSSR count). The third-order valence-electron chi connectivity index (χ3n) is 3.23. The Balaban J connectivity index is 2.77. The van der Waals surface area contributed by atoms with Gasteiger partial charge in [-0.2, -0.15) is 13.2 Å². The van der Waals surface area contributed by atoms with Crippen molar-refractivity contribution in [1.82, 2.24) is 4.57 Å². The summed E-state index contributed by atoms with van der Waals surface area (Å²) in [7, 11) is 0. The highest BCUT2D eigenvalue weighted by Crippen LogP contribution is 2.31. The lowest BCUT2D eigenvalue weighted by Crippen LogP contribution is -2.21. The Morgan fingerprint density at radius 2 is 2.09 bits per heavy atom. The summed E-state index contributed by atoms with van der Waals surface area (Å²) in [6, 6.07) is 2.77. The van der Waals surface area contributed by atoms with Gasteiger partial charge in [0.25, 0.3) is 0 Å². The predicted molar refractivity (Wildman–Crippen MR) is 79.4 cm³/mol. The zero-order valence-electron chi connectivity index (χ0n) is 12.3. The number of alkyl halides is 3. The van der Waals surface area contributed by atoms with Crippen LogP contribution in [0.15, 0.2) is 41.8 Å². The van der Waals surface area contributed by atoms with Crippen LogP contribution in [0.1, 0.15) is 22.8 Å². The summed E-state index contributed by atoms with van der Waals surface area (Å²) in [4.78, 5) is 24.2. The first-order chi connectivity index (χ1) is 10.8. The van der Waals surface area contributed by atoms with Crippen molar-refractivity contribution in [3.8, 4) is 0 Å². The van der Waals surface area contributed by atoms with Gasteiger partial charge in [0.05, 0.1) is 17.7 Å². The van der Waals surface area contributed by atoms with Gasteiger partial charge in [0.1, 0.15) is 5.56 Å². The van der Waals surface area contributed by atoms with Crippen LogP contribution in [0.3, 0.4) is 0 Å². The zero-order chi connectivity index (χ0) is 17.2. The summed E-state index contributed by atoms with van der Waals surface area (Å²) >= 11 is 0. The highest BCUT2D eigenvalue weighted by atomic mass is 19.4. The van der Waals surface area contributed by atoms with E-state index in [1.807, 2.05) is 0 Å².